The van der Waals surface area contributed by atoms with Crippen molar-refractivity contribution < 1.29 is 0 Å². The van der Waals surface area contributed by atoms with Gasteiger partial charge in [0.2, 0.25) is 0 Å². The van der Waals surface area contributed by atoms with Gasteiger partial charge in [0.1, 0.15) is 5.82 Å². The molecule has 0 aliphatic rings. The topological polar surface area (TPSA) is 72.1 Å². The van der Waals surface area contributed by atoms with Gasteiger partial charge in [-0.25, -0.2) is 9.98 Å². The second-order valence-electron chi connectivity index (χ2n) is 6.40. The average Bonchev–Trinajstić information content (AvgIpc) is 3.07. The summed E-state index contributed by atoms with van der Waals surface area (Å²) in [5.41, 5.74) is 5.49. The second kappa shape index (κ2) is 9.20. The Kier molecular flexibility index (Phi) is 7.23. The first-order valence-electron chi connectivity index (χ1n) is 8.92. The summed E-state index contributed by atoms with van der Waals surface area (Å²) in [6, 6.07) is 8.16. The summed E-state index contributed by atoms with van der Waals surface area (Å²) in [5.74, 6) is 1.76. The lowest BCUT2D eigenvalue weighted by molar-refractivity contribution is 0.728. The summed E-state index contributed by atoms with van der Waals surface area (Å²) in [7, 11) is 4.00. The van der Waals surface area contributed by atoms with Crippen LogP contribution in [0.15, 0.2) is 29.3 Å². The van der Waals surface area contributed by atoms with Crippen molar-refractivity contribution in [1.82, 2.24) is 30.0 Å². The van der Waals surface area contributed by atoms with Crippen LogP contribution in [0, 0.1) is 13.8 Å². The Bertz CT molecular complexity index is 939. The van der Waals surface area contributed by atoms with Gasteiger partial charge in [-0.15, -0.1) is 24.0 Å². The quantitative estimate of drug-likeness (QED) is 0.334. The molecule has 0 unspecified atom stereocenters. The fourth-order valence-corrected chi connectivity index (χ4v) is 3.06. The first-order valence-corrected chi connectivity index (χ1v) is 8.92. The molecule has 27 heavy (non-hydrogen) atoms. The fourth-order valence-electron chi connectivity index (χ4n) is 3.06. The van der Waals surface area contributed by atoms with Crippen molar-refractivity contribution in [3.63, 3.8) is 0 Å². The van der Waals surface area contributed by atoms with Crippen molar-refractivity contribution in [2.45, 2.75) is 33.9 Å². The highest BCUT2D eigenvalue weighted by atomic mass is 127. The number of rotatable bonds is 5. The zero-order valence-electron chi connectivity index (χ0n) is 16.6. The highest BCUT2D eigenvalue weighted by Crippen LogP contribution is 2.14. The molecule has 0 radical (unpaired) electrons. The number of para-hydroxylation sites is 2. The van der Waals surface area contributed by atoms with Gasteiger partial charge in [0.15, 0.2) is 5.96 Å². The predicted molar refractivity (Wildman–Crippen MR) is 120 cm³/mol. The molecule has 1 aromatic carbocycles. The molecule has 2 aromatic heterocycles. The number of hydrogen-bond acceptors (Lipinski definition) is 3. The summed E-state index contributed by atoms with van der Waals surface area (Å²) in [6.45, 7) is 8.18. The van der Waals surface area contributed by atoms with Crippen LogP contribution in [0.5, 0.6) is 0 Å². The summed E-state index contributed by atoms with van der Waals surface area (Å²) < 4.78 is 4.02. The molecule has 8 heteroatoms. The van der Waals surface area contributed by atoms with Crippen molar-refractivity contribution in [1.29, 1.82) is 0 Å². The van der Waals surface area contributed by atoms with Crippen molar-refractivity contribution in [2.24, 2.45) is 19.1 Å². The van der Waals surface area contributed by atoms with Crippen molar-refractivity contribution >= 4 is 41.0 Å². The number of imidazole rings is 1. The number of aryl methyl sites for hydroxylation is 3. The molecule has 0 saturated carbocycles. The lowest BCUT2D eigenvalue weighted by Crippen LogP contribution is -2.37. The number of nitrogens with one attached hydrogen (secondary N) is 2. The van der Waals surface area contributed by atoms with E-state index >= 15 is 0 Å². The Labute approximate surface area is 177 Å². The summed E-state index contributed by atoms with van der Waals surface area (Å²) in [5, 5.41) is 11.1. The smallest absolute Gasteiger partial charge is 0.191 e. The van der Waals surface area contributed by atoms with Gasteiger partial charge in [-0.1, -0.05) is 12.1 Å². The Balaban J connectivity index is 0.00000261. The molecule has 0 saturated heterocycles. The standard InChI is InChI=1S/C19H27N7.HI/c1-6-20-19(21-11-15-13(2)24-26(5)14(15)3)22-12-18-23-16-9-7-8-10-17(16)25(18)4;/h7-10H,6,11-12H2,1-5H3,(H2,20,21,22);1H. The minimum Gasteiger partial charge on any atom is -0.357 e. The Morgan fingerprint density at radius 3 is 2.52 bits per heavy atom. The van der Waals surface area contributed by atoms with Gasteiger partial charge in [0.25, 0.3) is 0 Å². The molecule has 0 amide bonds. The van der Waals surface area contributed by atoms with Crippen LogP contribution in [0.4, 0.5) is 0 Å². The molecule has 2 N–H and O–H groups in total. The van der Waals surface area contributed by atoms with Gasteiger partial charge >= 0.3 is 0 Å². The van der Waals surface area contributed by atoms with E-state index in [4.69, 9.17) is 9.98 Å². The number of aromatic nitrogens is 4. The molecular formula is C19H28IN7. The zero-order chi connectivity index (χ0) is 18.7. The van der Waals surface area contributed by atoms with Gasteiger partial charge in [0, 0.05) is 31.9 Å². The van der Waals surface area contributed by atoms with Crippen LogP contribution >= 0.6 is 24.0 Å². The molecule has 146 valence electrons. The van der Waals surface area contributed by atoms with Gasteiger partial charge in [-0.3, -0.25) is 4.68 Å². The third-order valence-electron chi connectivity index (χ3n) is 4.69. The number of fused-ring (bicyclic) bond motifs is 1. The second-order valence-corrected chi connectivity index (χ2v) is 6.40. The summed E-state index contributed by atoms with van der Waals surface area (Å²) in [4.78, 5) is 9.42. The Morgan fingerprint density at radius 2 is 1.89 bits per heavy atom. The van der Waals surface area contributed by atoms with E-state index in [1.54, 1.807) is 0 Å². The average molecular weight is 481 g/mol. The van der Waals surface area contributed by atoms with Crippen LogP contribution in [0.3, 0.4) is 0 Å². The molecule has 0 aliphatic heterocycles. The van der Waals surface area contributed by atoms with E-state index in [0.29, 0.717) is 13.1 Å². The van der Waals surface area contributed by atoms with Crippen molar-refractivity contribution in [3.8, 4) is 0 Å². The number of guanidine groups is 1. The molecule has 0 fully saturated rings. The highest BCUT2D eigenvalue weighted by Gasteiger charge is 2.10. The van der Waals surface area contributed by atoms with E-state index in [1.807, 2.05) is 43.9 Å². The predicted octanol–water partition coefficient (Wildman–Crippen LogP) is 2.80. The minimum atomic E-state index is 0. The Morgan fingerprint density at radius 1 is 1.15 bits per heavy atom. The van der Waals surface area contributed by atoms with Crippen LogP contribution in [-0.4, -0.2) is 31.8 Å². The first kappa shape index (κ1) is 21.2. The van der Waals surface area contributed by atoms with Gasteiger partial charge < -0.3 is 15.2 Å². The van der Waals surface area contributed by atoms with Crippen molar-refractivity contribution in [3.05, 3.63) is 47.0 Å². The van der Waals surface area contributed by atoms with Crippen molar-refractivity contribution in [2.75, 3.05) is 6.54 Å². The third kappa shape index (κ3) is 4.60. The fraction of sp³-hybridized carbons (Fsp3) is 0.421. The number of halogens is 1. The Hall–Kier alpha value is -2.10. The third-order valence-corrected chi connectivity index (χ3v) is 4.69. The highest BCUT2D eigenvalue weighted by molar-refractivity contribution is 14.0. The van der Waals surface area contributed by atoms with E-state index in [0.717, 1.165) is 40.7 Å². The van der Waals surface area contributed by atoms with Crippen LogP contribution in [0.1, 0.15) is 29.7 Å². The van der Waals surface area contributed by atoms with E-state index in [2.05, 4.69) is 40.2 Å². The van der Waals surface area contributed by atoms with E-state index in [1.165, 1.54) is 5.56 Å². The van der Waals surface area contributed by atoms with Crippen LogP contribution < -0.4 is 10.6 Å². The van der Waals surface area contributed by atoms with E-state index in [9.17, 15) is 0 Å². The van der Waals surface area contributed by atoms with Gasteiger partial charge in [0.05, 0.1) is 29.8 Å². The molecule has 3 aromatic rings. The van der Waals surface area contributed by atoms with Gasteiger partial charge in [-0.05, 0) is 32.9 Å². The lowest BCUT2D eigenvalue weighted by atomic mass is 10.2. The maximum atomic E-state index is 4.72. The molecule has 0 spiro atoms. The van der Waals surface area contributed by atoms with Crippen LogP contribution in [0.2, 0.25) is 0 Å². The molecule has 7 nitrogen and oxygen atoms in total. The normalized spacial score (nSPS) is 11.5. The number of aliphatic imine (C=N–C) groups is 1. The molecule has 0 atom stereocenters. The zero-order valence-corrected chi connectivity index (χ0v) is 18.9. The largest absolute Gasteiger partial charge is 0.357 e. The lowest BCUT2D eigenvalue weighted by Gasteiger charge is -2.11. The maximum absolute atomic E-state index is 4.72. The number of nitrogens with zero attached hydrogens (tertiary/aromatic N) is 5. The maximum Gasteiger partial charge on any atom is 0.191 e. The number of hydrogen-bond donors (Lipinski definition) is 2. The molecule has 2 heterocycles. The van der Waals surface area contributed by atoms with E-state index < -0.39 is 0 Å². The van der Waals surface area contributed by atoms with Crippen LogP contribution in [0.25, 0.3) is 11.0 Å². The molecule has 3 rings (SSSR count). The SMILES string of the molecule is CCNC(=NCc1c(C)nn(C)c1C)NCc1nc2ccccc2n1C.I. The van der Waals surface area contributed by atoms with Gasteiger partial charge in [-0.2, -0.15) is 5.10 Å². The molecular weight excluding hydrogens is 453 g/mol. The minimum absolute atomic E-state index is 0. The molecule has 0 aliphatic carbocycles. The number of benzene rings is 1. The summed E-state index contributed by atoms with van der Waals surface area (Å²) >= 11 is 0. The van der Waals surface area contributed by atoms with Crippen LogP contribution in [-0.2, 0) is 27.2 Å². The first-order chi connectivity index (χ1) is 12.5. The monoisotopic (exact) mass is 481 g/mol. The summed E-state index contributed by atoms with van der Waals surface area (Å²) in [6.07, 6.45) is 0. The molecule has 0 bridgehead atoms. The van der Waals surface area contributed by atoms with E-state index in [-0.39, 0.29) is 24.0 Å².